The number of aliphatic carboxylic acids is 1. The van der Waals surface area contributed by atoms with Crippen molar-refractivity contribution in [2.75, 3.05) is 13.1 Å². The number of rotatable bonds is 6. The number of ether oxygens (including phenoxy) is 1. The maximum Gasteiger partial charge on any atom is 0.410 e. The Bertz CT molecular complexity index is 899. The zero-order valence-corrected chi connectivity index (χ0v) is 16.2. The molecule has 1 atom stereocenters. The molecule has 3 rings (SSSR count). The van der Waals surface area contributed by atoms with Gasteiger partial charge >= 0.3 is 12.1 Å². The first-order valence-electron chi connectivity index (χ1n) is 9.67. The second-order valence-electron chi connectivity index (χ2n) is 7.37. The van der Waals surface area contributed by atoms with Gasteiger partial charge in [-0.15, -0.1) is 0 Å². The molecule has 30 heavy (non-hydrogen) atoms. The van der Waals surface area contributed by atoms with Gasteiger partial charge in [-0.3, -0.25) is 4.79 Å². The number of likely N-dealkylation sites (tertiary alicyclic amines) is 1. The number of piperidine rings is 1. The highest BCUT2D eigenvalue weighted by atomic mass is 19.2. The molecule has 0 saturated carbocycles. The van der Waals surface area contributed by atoms with Gasteiger partial charge in [0, 0.05) is 19.2 Å². The summed E-state index contributed by atoms with van der Waals surface area (Å²) in [6.45, 7) is 0.761. The third kappa shape index (κ3) is 5.31. The molecule has 1 fully saturated rings. The lowest BCUT2D eigenvalue weighted by Crippen LogP contribution is -2.42. The number of carbonyl (C=O) groups is 2. The van der Waals surface area contributed by atoms with Gasteiger partial charge in [0.25, 0.3) is 0 Å². The lowest BCUT2D eigenvalue weighted by atomic mass is 9.80. The van der Waals surface area contributed by atoms with Gasteiger partial charge in [0.2, 0.25) is 0 Å². The predicted molar refractivity (Wildman–Crippen MR) is 102 cm³/mol. The van der Waals surface area contributed by atoms with Crippen LogP contribution in [-0.4, -0.2) is 35.2 Å². The first-order valence-corrected chi connectivity index (χ1v) is 9.67. The van der Waals surface area contributed by atoms with Crippen molar-refractivity contribution in [3.8, 4) is 0 Å². The van der Waals surface area contributed by atoms with Crippen molar-refractivity contribution in [1.29, 1.82) is 0 Å². The number of halogens is 3. The van der Waals surface area contributed by atoms with Gasteiger partial charge in [0.1, 0.15) is 12.4 Å². The van der Waals surface area contributed by atoms with Crippen LogP contribution in [0.4, 0.5) is 18.0 Å². The molecular formula is C22H22F3NO4. The van der Waals surface area contributed by atoms with E-state index in [9.17, 15) is 27.9 Å². The third-order valence-electron chi connectivity index (χ3n) is 5.42. The summed E-state index contributed by atoms with van der Waals surface area (Å²) >= 11 is 0. The maximum absolute atomic E-state index is 13.9. The summed E-state index contributed by atoms with van der Waals surface area (Å²) in [4.78, 5) is 25.5. The first kappa shape index (κ1) is 21.7. The van der Waals surface area contributed by atoms with Crippen molar-refractivity contribution >= 4 is 12.1 Å². The summed E-state index contributed by atoms with van der Waals surface area (Å²) in [5, 5.41) is 9.59. The van der Waals surface area contributed by atoms with E-state index in [1.807, 2.05) is 30.3 Å². The molecule has 0 aliphatic carbocycles. The summed E-state index contributed by atoms with van der Waals surface area (Å²) < 4.78 is 45.8. The highest BCUT2D eigenvalue weighted by molar-refractivity contribution is 5.71. The summed E-state index contributed by atoms with van der Waals surface area (Å²) in [5.74, 6) is -5.93. The van der Waals surface area contributed by atoms with Gasteiger partial charge in [0.15, 0.2) is 11.6 Å². The van der Waals surface area contributed by atoms with E-state index in [1.165, 1.54) is 4.90 Å². The van der Waals surface area contributed by atoms with E-state index in [-0.39, 0.29) is 24.5 Å². The summed E-state index contributed by atoms with van der Waals surface area (Å²) in [5.41, 5.74) is 0.686. The molecule has 1 heterocycles. The van der Waals surface area contributed by atoms with Crippen LogP contribution in [0.5, 0.6) is 0 Å². The molecule has 5 nitrogen and oxygen atoms in total. The molecule has 8 heteroatoms. The van der Waals surface area contributed by atoms with Crippen molar-refractivity contribution in [3.63, 3.8) is 0 Å². The molecule has 1 unspecified atom stereocenters. The molecule has 0 spiro atoms. The highest BCUT2D eigenvalue weighted by Crippen LogP contribution is 2.30. The second kappa shape index (κ2) is 9.65. The highest BCUT2D eigenvalue weighted by Gasteiger charge is 2.34. The van der Waals surface area contributed by atoms with E-state index in [2.05, 4.69) is 0 Å². The lowest BCUT2D eigenvalue weighted by Gasteiger charge is -2.34. The Morgan fingerprint density at radius 3 is 2.30 bits per heavy atom. The van der Waals surface area contributed by atoms with Crippen LogP contribution in [0, 0.1) is 29.3 Å². The minimum absolute atomic E-state index is 0.146. The topological polar surface area (TPSA) is 66.8 Å². The van der Waals surface area contributed by atoms with E-state index in [4.69, 9.17) is 4.74 Å². The average Bonchev–Trinajstić information content (AvgIpc) is 2.74. The molecule has 0 radical (unpaired) electrons. The van der Waals surface area contributed by atoms with Gasteiger partial charge in [-0.25, -0.2) is 18.0 Å². The molecule has 2 aromatic carbocycles. The summed E-state index contributed by atoms with van der Waals surface area (Å²) in [7, 11) is 0. The van der Waals surface area contributed by atoms with E-state index < -0.39 is 35.4 Å². The molecular weight excluding hydrogens is 399 g/mol. The fourth-order valence-electron chi connectivity index (χ4n) is 3.71. The Hall–Kier alpha value is -3.03. The molecule has 1 N–H and O–H groups in total. The van der Waals surface area contributed by atoms with E-state index in [1.54, 1.807) is 0 Å². The Labute approximate surface area is 172 Å². The number of carbonyl (C=O) groups excluding carboxylic acids is 1. The monoisotopic (exact) mass is 421 g/mol. The number of carboxylic acids is 1. The SMILES string of the molecule is O=C(O)C(Cc1cc(F)c(F)cc1F)C1CCN(C(=O)OCc2ccccc2)CC1. The molecule has 2 aromatic rings. The fraction of sp³-hybridized carbons (Fsp3) is 0.364. The Morgan fingerprint density at radius 2 is 1.67 bits per heavy atom. The van der Waals surface area contributed by atoms with Crippen molar-refractivity contribution in [1.82, 2.24) is 4.90 Å². The van der Waals surface area contributed by atoms with Gasteiger partial charge < -0.3 is 14.7 Å². The smallest absolute Gasteiger partial charge is 0.410 e. The van der Waals surface area contributed by atoms with Gasteiger partial charge in [-0.05, 0) is 42.4 Å². The minimum Gasteiger partial charge on any atom is -0.481 e. The molecule has 160 valence electrons. The van der Waals surface area contributed by atoms with Crippen LogP contribution in [0.3, 0.4) is 0 Å². The van der Waals surface area contributed by atoms with Crippen molar-refractivity contribution in [3.05, 3.63) is 71.0 Å². The molecule has 0 aromatic heterocycles. The van der Waals surface area contributed by atoms with Gasteiger partial charge in [0.05, 0.1) is 5.92 Å². The zero-order valence-electron chi connectivity index (χ0n) is 16.2. The van der Waals surface area contributed by atoms with Crippen LogP contribution in [0.2, 0.25) is 0 Å². The maximum atomic E-state index is 13.9. The quantitative estimate of drug-likeness (QED) is 0.703. The number of amides is 1. The van der Waals surface area contributed by atoms with Gasteiger partial charge in [-0.1, -0.05) is 30.3 Å². The van der Waals surface area contributed by atoms with Crippen LogP contribution < -0.4 is 0 Å². The normalized spacial score (nSPS) is 15.6. The fourth-order valence-corrected chi connectivity index (χ4v) is 3.71. The van der Waals surface area contributed by atoms with Crippen molar-refractivity contribution in [2.24, 2.45) is 11.8 Å². The lowest BCUT2D eigenvalue weighted by molar-refractivity contribution is -0.144. The average molecular weight is 421 g/mol. The molecule has 1 aliphatic heterocycles. The van der Waals surface area contributed by atoms with Gasteiger partial charge in [-0.2, -0.15) is 0 Å². The van der Waals surface area contributed by atoms with Crippen LogP contribution in [0.1, 0.15) is 24.0 Å². The minimum atomic E-state index is -1.31. The van der Waals surface area contributed by atoms with Crippen molar-refractivity contribution < 1.29 is 32.6 Å². The summed E-state index contributed by atoms with van der Waals surface area (Å²) in [6, 6.07) is 10.4. The Kier molecular flexibility index (Phi) is 6.97. The number of hydrogen-bond donors (Lipinski definition) is 1. The number of benzene rings is 2. The standard InChI is InChI=1S/C22H22F3NO4/c23-18-12-20(25)19(24)11-16(18)10-17(21(27)28)15-6-8-26(9-7-15)22(29)30-13-14-4-2-1-3-5-14/h1-5,11-12,15,17H,6-10,13H2,(H,27,28). The van der Waals surface area contributed by atoms with Crippen LogP contribution in [0.25, 0.3) is 0 Å². The number of nitrogens with zero attached hydrogens (tertiary/aromatic N) is 1. The predicted octanol–water partition coefficient (Wildman–Crippen LogP) is 4.40. The number of hydrogen-bond acceptors (Lipinski definition) is 3. The molecule has 1 saturated heterocycles. The third-order valence-corrected chi connectivity index (χ3v) is 5.42. The molecule has 0 bridgehead atoms. The molecule has 1 aliphatic rings. The number of carboxylic acid groups (broad SMARTS) is 1. The first-order chi connectivity index (χ1) is 14.3. The zero-order chi connectivity index (χ0) is 21.7. The Morgan fingerprint density at radius 1 is 1.03 bits per heavy atom. The second-order valence-corrected chi connectivity index (χ2v) is 7.37. The van der Waals surface area contributed by atoms with E-state index in [0.717, 1.165) is 5.56 Å². The molecule has 1 amide bonds. The van der Waals surface area contributed by atoms with E-state index in [0.29, 0.717) is 38.1 Å². The Balaban J connectivity index is 1.57. The van der Waals surface area contributed by atoms with Crippen LogP contribution in [0.15, 0.2) is 42.5 Å². The summed E-state index contributed by atoms with van der Waals surface area (Å²) in [6.07, 6.45) is 0.0585. The van der Waals surface area contributed by atoms with Crippen molar-refractivity contribution in [2.45, 2.75) is 25.9 Å². The van der Waals surface area contributed by atoms with Crippen LogP contribution >= 0.6 is 0 Å². The van der Waals surface area contributed by atoms with E-state index >= 15 is 0 Å². The largest absolute Gasteiger partial charge is 0.481 e. The van der Waals surface area contributed by atoms with Crippen LogP contribution in [-0.2, 0) is 22.6 Å².